The number of hydrogen-bond donors (Lipinski definition) is 0. The monoisotopic (exact) mass is 180 g/mol. The lowest BCUT2D eigenvalue weighted by molar-refractivity contribution is 1.33. The first-order valence-electron chi connectivity index (χ1n) is 3.96. The average Bonchev–Trinajstić information content (AvgIpc) is 2.08. The third-order valence-corrected chi connectivity index (χ3v) is 2.40. The van der Waals surface area contributed by atoms with Crippen molar-refractivity contribution in [3.63, 3.8) is 0 Å². The third kappa shape index (κ3) is 1.89. The summed E-state index contributed by atoms with van der Waals surface area (Å²) in [6.45, 7) is 8.08. The second-order valence-corrected chi connectivity index (χ2v) is 3.30. The molecule has 1 aromatic carbocycles. The molecule has 1 aromatic rings. The number of allylic oxidation sites excluding steroid dienone is 1. The molecule has 1 rings (SSSR count). The van der Waals surface area contributed by atoms with Gasteiger partial charge in [0.05, 0.1) is 0 Å². The smallest absolute Gasteiger partial charge is 0.0474 e. The summed E-state index contributed by atoms with van der Waals surface area (Å²) in [6, 6.07) is 6.29. The molecular weight excluding hydrogens is 168 g/mol. The lowest BCUT2D eigenvalue weighted by Crippen LogP contribution is -1.87. The maximum Gasteiger partial charge on any atom is 0.0474 e. The van der Waals surface area contributed by atoms with E-state index in [1.54, 1.807) is 0 Å². The Bertz CT molecular complexity index is 300. The molecule has 0 amide bonds. The van der Waals surface area contributed by atoms with Crippen molar-refractivity contribution in [3.8, 4) is 0 Å². The molecule has 0 aromatic heterocycles. The number of benzene rings is 1. The van der Waals surface area contributed by atoms with Gasteiger partial charge in [-0.1, -0.05) is 24.8 Å². The zero-order valence-corrected chi connectivity index (χ0v) is 8.28. The van der Waals surface area contributed by atoms with Crippen LogP contribution in [0.15, 0.2) is 24.8 Å². The van der Waals surface area contributed by atoms with Crippen molar-refractivity contribution < 1.29 is 0 Å². The van der Waals surface area contributed by atoms with E-state index >= 15 is 0 Å². The molecule has 1 heteroatoms. The van der Waals surface area contributed by atoms with Gasteiger partial charge < -0.3 is 0 Å². The summed E-state index contributed by atoms with van der Waals surface area (Å²) in [6.07, 6.45) is 0. The zero-order chi connectivity index (χ0) is 9.14. The van der Waals surface area contributed by atoms with Crippen molar-refractivity contribution in [1.82, 2.24) is 0 Å². The summed E-state index contributed by atoms with van der Waals surface area (Å²) in [5, 5.41) is 0. The summed E-state index contributed by atoms with van der Waals surface area (Å²) in [7, 11) is 0. The van der Waals surface area contributed by atoms with Crippen molar-refractivity contribution in [1.29, 1.82) is 0 Å². The lowest BCUT2D eigenvalue weighted by Gasteiger charge is -2.05. The van der Waals surface area contributed by atoms with E-state index in [0.717, 1.165) is 11.1 Å². The Hall–Kier alpha value is -0.750. The molecule has 0 fully saturated rings. The van der Waals surface area contributed by atoms with E-state index in [-0.39, 0.29) is 0 Å². The molecule has 0 aliphatic carbocycles. The normalized spacial score (nSPS) is 9.92. The number of rotatable bonds is 2. The molecule has 0 nitrogen and oxygen atoms in total. The van der Waals surface area contributed by atoms with Crippen LogP contribution in [-0.4, -0.2) is 5.88 Å². The average molecular weight is 181 g/mol. The zero-order valence-electron chi connectivity index (χ0n) is 7.52. The Labute approximate surface area is 78.9 Å². The molecule has 0 aliphatic heterocycles. The topological polar surface area (TPSA) is 0 Å². The van der Waals surface area contributed by atoms with Gasteiger partial charge in [0, 0.05) is 5.88 Å². The minimum Gasteiger partial charge on any atom is -0.122 e. The minimum atomic E-state index is 0.502. The fraction of sp³-hybridized carbons (Fsp3) is 0.273. The molecule has 0 spiro atoms. The molecule has 64 valence electrons. The van der Waals surface area contributed by atoms with Crippen LogP contribution in [0.5, 0.6) is 0 Å². The van der Waals surface area contributed by atoms with Crippen molar-refractivity contribution in [2.75, 3.05) is 5.88 Å². The summed E-state index contributed by atoms with van der Waals surface area (Å²) >= 11 is 5.68. The van der Waals surface area contributed by atoms with E-state index in [0.29, 0.717) is 5.88 Å². The van der Waals surface area contributed by atoms with E-state index in [2.05, 4.69) is 38.6 Å². The molecule has 0 atom stereocenters. The first-order chi connectivity index (χ1) is 5.65. The minimum absolute atomic E-state index is 0.502. The van der Waals surface area contributed by atoms with E-state index < -0.39 is 0 Å². The Morgan fingerprint density at radius 1 is 1.33 bits per heavy atom. The summed E-state index contributed by atoms with van der Waals surface area (Å²) in [4.78, 5) is 0. The third-order valence-electron chi connectivity index (χ3n) is 2.08. The molecule has 0 radical (unpaired) electrons. The van der Waals surface area contributed by atoms with E-state index in [1.165, 1.54) is 11.1 Å². The highest BCUT2D eigenvalue weighted by atomic mass is 35.5. The van der Waals surface area contributed by atoms with Gasteiger partial charge in [0.2, 0.25) is 0 Å². The van der Waals surface area contributed by atoms with Crippen LogP contribution in [-0.2, 0) is 0 Å². The van der Waals surface area contributed by atoms with Crippen molar-refractivity contribution in [2.24, 2.45) is 0 Å². The van der Waals surface area contributed by atoms with E-state index in [4.69, 9.17) is 11.6 Å². The molecule has 0 saturated carbocycles. The molecule has 0 heterocycles. The van der Waals surface area contributed by atoms with Crippen LogP contribution in [0.4, 0.5) is 0 Å². The highest BCUT2D eigenvalue weighted by Crippen LogP contribution is 2.17. The highest BCUT2D eigenvalue weighted by molar-refractivity contribution is 6.23. The second-order valence-electron chi connectivity index (χ2n) is 3.04. The van der Waals surface area contributed by atoms with Gasteiger partial charge in [0.1, 0.15) is 0 Å². The van der Waals surface area contributed by atoms with Gasteiger partial charge in [-0.2, -0.15) is 0 Å². The second kappa shape index (κ2) is 3.77. The maximum absolute atomic E-state index is 5.68. The van der Waals surface area contributed by atoms with Crippen LogP contribution in [0.3, 0.4) is 0 Å². The number of alkyl halides is 1. The molecule has 0 N–H and O–H groups in total. The Balaban J connectivity index is 3.05. The van der Waals surface area contributed by atoms with Crippen molar-refractivity contribution >= 4 is 17.2 Å². The molecule has 0 bridgehead atoms. The van der Waals surface area contributed by atoms with E-state index in [1.807, 2.05) is 0 Å². The Morgan fingerprint density at radius 3 is 2.50 bits per heavy atom. The number of hydrogen-bond acceptors (Lipinski definition) is 0. The van der Waals surface area contributed by atoms with Crippen LogP contribution in [0, 0.1) is 13.8 Å². The van der Waals surface area contributed by atoms with Crippen LogP contribution in [0.1, 0.15) is 16.7 Å². The van der Waals surface area contributed by atoms with Crippen LogP contribution in [0.2, 0.25) is 0 Å². The Morgan fingerprint density at radius 2 is 2.00 bits per heavy atom. The van der Waals surface area contributed by atoms with Gasteiger partial charge >= 0.3 is 0 Å². The van der Waals surface area contributed by atoms with Gasteiger partial charge in [0.15, 0.2) is 0 Å². The fourth-order valence-corrected chi connectivity index (χ4v) is 1.19. The van der Waals surface area contributed by atoms with E-state index in [9.17, 15) is 0 Å². The molecule has 0 aliphatic rings. The number of halogens is 1. The fourth-order valence-electron chi connectivity index (χ4n) is 1.04. The Kier molecular flexibility index (Phi) is 2.93. The van der Waals surface area contributed by atoms with Gasteiger partial charge in [-0.05, 0) is 36.1 Å². The van der Waals surface area contributed by atoms with Gasteiger partial charge in [-0.3, -0.25) is 0 Å². The molecule has 0 saturated heterocycles. The lowest BCUT2D eigenvalue weighted by atomic mass is 10.0. The highest BCUT2D eigenvalue weighted by Gasteiger charge is 1.98. The van der Waals surface area contributed by atoms with Gasteiger partial charge in [-0.25, -0.2) is 0 Å². The summed E-state index contributed by atoms with van der Waals surface area (Å²) in [5.74, 6) is 0.502. The maximum atomic E-state index is 5.68. The standard InChI is InChI=1S/C11H13Cl/c1-8-4-5-11(6-9(8)2)10(3)7-12/h4-6H,3,7H2,1-2H3. The van der Waals surface area contributed by atoms with Gasteiger partial charge in [-0.15, -0.1) is 11.6 Å². The first kappa shape index (κ1) is 9.34. The summed E-state index contributed by atoms with van der Waals surface area (Å²) < 4.78 is 0. The van der Waals surface area contributed by atoms with Crippen molar-refractivity contribution in [3.05, 3.63) is 41.5 Å². The van der Waals surface area contributed by atoms with Crippen LogP contribution < -0.4 is 0 Å². The molecule has 12 heavy (non-hydrogen) atoms. The number of aryl methyl sites for hydroxylation is 2. The predicted molar refractivity (Wildman–Crippen MR) is 55.7 cm³/mol. The van der Waals surface area contributed by atoms with Crippen molar-refractivity contribution in [2.45, 2.75) is 13.8 Å². The SMILES string of the molecule is C=C(CCl)c1ccc(C)c(C)c1. The first-order valence-corrected chi connectivity index (χ1v) is 4.50. The largest absolute Gasteiger partial charge is 0.122 e. The van der Waals surface area contributed by atoms with Crippen LogP contribution in [0.25, 0.3) is 5.57 Å². The quantitative estimate of drug-likeness (QED) is 0.611. The molecular formula is C11H13Cl. The van der Waals surface area contributed by atoms with Crippen LogP contribution >= 0.6 is 11.6 Å². The van der Waals surface area contributed by atoms with Gasteiger partial charge in [0.25, 0.3) is 0 Å². The summed E-state index contributed by atoms with van der Waals surface area (Å²) in [5.41, 5.74) is 4.73. The molecule has 0 unspecified atom stereocenters. The predicted octanol–water partition coefficient (Wildman–Crippen LogP) is 3.56.